The smallest absolute Gasteiger partial charge is 0.253 e. The van der Waals surface area contributed by atoms with Crippen molar-refractivity contribution in [3.8, 4) is 0 Å². The van der Waals surface area contributed by atoms with E-state index in [1.54, 1.807) is 4.52 Å². The zero-order chi connectivity index (χ0) is 18.1. The summed E-state index contributed by atoms with van der Waals surface area (Å²) in [6, 6.07) is 5.82. The van der Waals surface area contributed by atoms with E-state index < -0.39 is 0 Å². The molecule has 0 saturated carbocycles. The Morgan fingerprint density at radius 3 is 2.72 bits per heavy atom. The molecule has 25 heavy (non-hydrogen) atoms. The summed E-state index contributed by atoms with van der Waals surface area (Å²) < 4.78 is 2.56. The van der Waals surface area contributed by atoms with Crippen molar-refractivity contribution in [2.45, 2.75) is 32.3 Å². The molecular weight excluding hydrogens is 402 g/mol. The number of carbonyl (C=O) groups is 1. The topological polar surface area (TPSA) is 72.2 Å². The molecule has 0 bridgehead atoms. The number of nitrogens with one attached hydrogen (secondary N) is 1. The number of benzene rings is 1. The second-order valence-corrected chi connectivity index (χ2v) is 7.41. The van der Waals surface area contributed by atoms with Crippen LogP contribution in [0.25, 0.3) is 5.78 Å². The van der Waals surface area contributed by atoms with Gasteiger partial charge in [0.2, 0.25) is 11.1 Å². The molecule has 1 aromatic carbocycles. The minimum absolute atomic E-state index is 0.0953. The van der Waals surface area contributed by atoms with Crippen LogP contribution in [-0.4, -0.2) is 31.7 Å². The van der Waals surface area contributed by atoms with Crippen molar-refractivity contribution in [1.82, 2.24) is 19.6 Å². The average molecular weight is 420 g/mol. The van der Waals surface area contributed by atoms with Gasteiger partial charge in [0.25, 0.3) is 5.78 Å². The Bertz CT molecular complexity index is 969. The second-order valence-electron chi connectivity index (χ2n) is 5.78. The molecule has 1 N–H and O–H groups in total. The first-order valence-corrected chi connectivity index (χ1v) is 9.73. The van der Waals surface area contributed by atoms with Crippen molar-refractivity contribution in [1.29, 1.82) is 0 Å². The van der Waals surface area contributed by atoms with E-state index >= 15 is 0 Å². The van der Waals surface area contributed by atoms with Crippen LogP contribution in [-0.2, 0) is 11.2 Å². The summed E-state index contributed by atoms with van der Waals surface area (Å²) in [5.74, 6) is 0.465. The zero-order valence-corrected chi connectivity index (χ0v) is 16.8. The number of carbonyl (C=O) groups excluding carboxylic acids is 1. The molecule has 0 unspecified atom stereocenters. The number of halogens is 1. The zero-order valence-electron chi connectivity index (χ0n) is 14.4. The molecule has 0 aliphatic rings. The number of amides is 1. The van der Waals surface area contributed by atoms with E-state index in [4.69, 9.17) is 0 Å². The van der Waals surface area contributed by atoms with E-state index in [0.717, 1.165) is 32.7 Å². The maximum atomic E-state index is 12.5. The molecule has 2 aromatic heterocycles. The van der Waals surface area contributed by atoms with E-state index in [1.807, 2.05) is 45.2 Å². The summed E-state index contributed by atoms with van der Waals surface area (Å²) in [6.07, 6.45) is 2.15. The van der Waals surface area contributed by atoms with Gasteiger partial charge in [0, 0.05) is 21.4 Å². The van der Waals surface area contributed by atoms with Crippen LogP contribution < -0.4 is 5.32 Å². The maximum absolute atomic E-state index is 12.5. The Morgan fingerprint density at radius 1 is 1.28 bits per heavy atom. The largest absolute Gasteiger partial charge is 0.325 e. The second kappa shape index (κ2) is 7.13. The molecule has 130 valence electrons. The van der Waals surface area contributed by atoms with E-state index in [0.29, 0.717) is 10.9 Å². The summed E-state index contributed by atoms with van der Waals surface area (Å²) >= 11 is 4.95. The van der Waals surface area contributed by atoms with Crippen LogP contribution in [0.15, 0.2) is 27.8 Å². The number of aryl methyl sites for hydroxylation is 3. The number of fused-ring (bicyclic) bond motifs is 1. The SMILES string of the molecule is CSc1nc2nc(C)c(CC(=O)Nc3ccc(C)cc3Br)c(C)n2n1. The molecule has 2 heterocycles. The van der Waals surface area contributed by atoms with Crippen molar-refractivity contribution in [3.05, 3.63) is 45.2 Å². The molecular formula is C17H18BrN5OS. The van der Waals surface area contributed by atoms with Gasteiger partial charge in [0.05, 0.1) is 12.1 Å². The molecule has 3 aromatic rings. The van der Waals surface area contributed by atoms with Crippen LogP contribution in [0.3, 0.4) is 0 Å². The molecule has 0 aliphatic carbocycles. The number of rotatable bonds is 4. The fourth-order valence-corrected chi connectivity index (χ4v) is 3.54. The fourth-order valence-electron chi connectivity index (χ4n) is 2.61. The van der Waals surface area contributed by atoms with Gasteiger partial charge in [-0.3, -0.25) is 4.79 Å². The monoisotopic (exact) mass is 419 g/mol. The van der Waals surface area contributed by atoms with Crippen LogP contribution in [0.5, 0.6) is 0 Å². The van der Waals surface area contributed by atoms with Crippen molar-refractivity contribution >= 4 is 45.1 Å². The van der Waals surface area contributed by atoms with Gasteiger partial charge in [0.15, 0.2) is 0 Å². The molecule has 0 fully saturated rings. The highest BCUT2D eigenvalue weighted by atomic mass is 79.9. The number of nitrogens with zero attached hydrogens (tertiary/aromatic N) is 4. The summed E-state index contributed by atoms with van der Waals surface area (Å²) in [4.78, 5) is 21.4. The molecule has 1 amide bonds. The van der Waals surface area contributed by atoms with Gasteiger partial charge >= 0.3 is 0 Å². The summed E-state index contributed by atoms with van der Waals surface area (Å²) in [6.45, 7) is 5.83. The highest BCUT2D eigenvalue weighted by Crippen LogP contribution is 2.24. The number of aromatic nitrogens is 4. The van der Waals surface area contributed by atoms with E-state index in [9.17, 15) is 4.79 Å². The van der Waals surface area contributed by atoms with Gasteiger partial charge in [-0.25, -0.2) is 9.50 Å². The number of thioether (sulfide) groups is 1. The van der Waals surface area contributed by atoms with Crippen LogP contribution in [0.4, 0.5) is 5.69 Å². The molecule has 0 aliphatic heterocycles. The first kappa shape index (κ1) is 17.9. The Kier molecular flexibility index (Phi) is 5.10. The van der Waals surface area contributed by atoms with Crippen molar-refractivity contribution in [2.24, 2.45) is 0 Å². The van der Waals surface area contributed by atoms with Crippen LogP contribution in [0.2, 0.25) is 0 Å². The lowest BCUT2D eigenvalue weighted by Gasteiger charge is -2.12. The predicted molar refractivity (Wildman–Crippen MR) is 103 cm³/mol. The van der Waals surface area contributed by atoms with Gasteiger partial charge in [-0.15, -0.1) is 5.10 Å². The highest BCUT2D eigenvalue weighted by molar-refractivity contribution is 9.10. The highest BCUT2D eigenvalue weighted by Gasteiger charge is 2.16. The molecule has 0 saturated heterocycles. The Morgan fingerprint density at radius 2 is 2.04 bits per heavy atom. The lowest BCUT2D eigenvalue weighted by molar-refractivity contribution is -0.115. The van der Waals surface area contributed by atoms with Gasteiger partial charge < -0.3 is 5.32 Å². The first-order valence-electron chi connectivity index (χ1n) is 7.72. The van der Waals surface area contributed by atoms with Gasteiger partial charge in [0.1, 0.15) is 0 Å². The van der Waals surface area contributed by atoms with Gasteiger partial charge in [-0.05, 0) is 60.7 Å². The number of hydrogen-bond donors (Lipinski definition) is 1. The lowest BCUT2D eigenvalue weighted by atomic mass is 10.1. The Hall–Kier alpha value is -1.93. The molecule has 6 nitrogen and oxygen atoms in total. The lowest BCUT2D eigenvalue weighted by Crippen LogP contribution is -2.18. The van der Waals surface area contributed by atoms with E-state index in [-0.39, 0.29) is 12.3 Å². The quantitative estimate of drug-likeness (QED) is 0.652. The molecule has 8 heteroatoms. The molecule has 0 spiro atoms. The standard InChI is InChI=1S/C17H18BrN5OS/c1-9-5-6-14(13(18)7-9)20-15(24)8-12-10(2)19-16-21-17(25-4)22-23(16)11(12)3/h5-7H,8H2,1-4H3,(H,20,24). The van der Waals surface area contributed by atoms with Crippen LogP contribution in [0.1, 0.15) is 22.5 Å². The third-order valence-corrected chi connectivity index (χ3v) is 5.14. The minimum atomic E-state index is -0.0953. The molecule has 3 rings (SSSR count). The third kappa shape index (κ3) is 3.69. The Labute approximate surface area is 158 Å². The fraction of sp³-hybridized carbons (Fsp3) is 0.294. The third-order valence-electron chi connectivity index (χ3n) is 3.95. The van der Waals surface area contributed by atoms with Gasteiger partial charge in [-0.2, -0.15) is 4.98 Å². The van der Waals surface area contributed by atoms with Gasteiger partial charge in [-0.1, -0.05) is 17.8 Å². The number of anilines is 1. The minimum Gasteiger partial charge on any atom is -0.325 e. The molecule has 0 radical (unpaired) electrons. The summed E-state index contributed by atoms with van der Waals surface area (Å²) in [5, 5.41) is 8.02. The predicted octanol–water partition coefficient (Wildman–Crippen LogP) is 3.72. The average Bonchev–Trinajstić information content (AvgIpc) is 2.97. The van der Waals surface area contributed by atoms with Crippen LogP contribution >= 0.6 is 27.7 Å². The maximum Gasteiger partial charge on any atom is 0.253 e. The van der Waals surface area contributed by atoms with Crippen molar-refractivity contribution < 1.29 is 4.79 Å². The molecule has 0 atom stereocenters. The van der Waals surface area contributed by atoms with E-state index in [1.165, 1.54) is 11.8 Å². The normalized spacial score (nSPS) is 11.1. The van der Waals surface area contributed by atoms with Crippen molar-refractivity contribution in [3.63, 3.8) is 0 Å². The number of hydrogen-bond acceptors (Lipinski definition) is 5. The first-order chi connectivity index (χ1) is 11.9. The van der Waals surface area contributed by atoms with E-state index in [2.05, 4.69) is 36.3 Å². The summed E-state index contributed by atoms with van der Waals surface area (Å²) in [7, 11) is 0. The Balaban J connectivity index is 1.87. The van der Waals surface area contributed by atoms with Crippen molar-refractivity contribution in [2.75, 3.05) is 11.6 Å². The van der Waals surface area contributed by atoms with Crippen LogP contribution in [0, 0.1) is 20.8 Å². The summed E-state index contributed by atoms with van der Waals surface area (Å²) in [5.41, 5.74) is 4.43.